The maximum absolute atomic E-state index is 11.5. The minimum atomic E-state index is -0.203. The van der Waals surface area contributed by atoms with E-state index in [-0.39, 0.29) is 12.1 Å². The summed E-state index contributed by atoms with van der Waals surface area (Å²) >= 11 is 0. The van der Waals surface area contributed by atoms with Gasteiger partial charge in [0.1, 0.15) is 5.82 Å². The Balaban J connectivity index is 1.76. The number of carbonyl (C=O) groups is 1. The first-order valence-corrected chi connectivity index (χ1v) is 4.99. The second kappa shape index (κ2) is 4.79. The van der Waals surface area contributed by atoms with Crippen molar-refractivity contribution in [3.63, 3.8) is 0 Å². The van der Waals surface area contributed by atoms with E-state index in [4.69, 9.17) is 4.74 Å². The standard InChI is InChI=1S/C9H14N4O2/c14-9(12-8-1-4-10-13-8)11-7-2-5-15-6-3-7/h1,4,7H,2-3,5-6H2,(H3,10,11,12,13,14). The zero-order valence-corrected chi connectivity index (χ0v) is 8.32. The number of amides is 2. The van der Waals surface area contributed by atoms with Crippen LogP contribution >= 0.6 is 0 Å². The summed E-state index contributed by atoms with van der Waals surface area (Å²) in [6, 6.07) is 1.71. The molecule has 0 atom stereocenters. The largest absolute Gasteiger partial charge is 0.381 e. The van der Waals surface area contributed by atoms with Crippen LogP contribution in [-0.4, -0.2) is 35.5 Å². The van der Waals surface area contributed by atoms with Gasteiger partial charge in [0.15, 0.2) is 0 Å². The Morgan fingerprint density at radius 2 is 2.33 bits per heavy atom. The zero-order chi connectivity index (χ0) is 10.5. The van der Waals surface area contributed by atoms with E-state index in [2.05, 4.69) is 20.8 Å². The fourth-order valence-electron chi connectivity index (χ4n) is 1.51. The normalized spacial score (nSPS) is 17.3. The Hall–Kier alpha value is -1.56. The molecule has 6 nitrogen and oxygen atoms in total. The highest BCUT2D eigenvalue weighted by molar-refractivity contribution is 5.88. The van der Waals surface area contributed by atoms with Crippen molar-refractivity contribution >= 4 is 11.8 Å². The van der Waals surface area contributed by atoms with Gasteiger partial charge in [-0.05, 0) is 12.8 Å². The van der Waals surface area contributed by atoms with E-state index in [1.165, 1.54) is 0 Å². The molecule has 82 valence electrons. The van der Waals surface area contributed by atoms with Gasteiger partial charge in [-0.1, -0.05) is 0 Å². The van der Waals surface area contributed by atoms with Gasteiger partial charge in [-0.3, -0.25) is 10.4 Å². The van der Waals surface area contributed by atoms with Crippen molar-refractivity contribution < 1.29 is 9.53 Å². The van der Waals surface area contributed by atoms with Gasteiger partial charge in [0.05, 0.1) is 6.20 Å². The zero-order valence-electron chi connectivity index (χ0n) is 8.32. The molecular formula is C9H14N4O2. The number of hydrogen-bond donors (Lipinski definition) is 3. The fourth-order valence-corrected chi connectivity index (χ4v) is 1.51. The van der Waals surface area contributed by atoms with Crippen molar-refractivity contribution in [1.29, 1.82) is 0 Å². The van der Waals surface area contributed by atoms with Crippen molar-refractivity contribution in [2.45, 2.75) is 18.9 Å². The predicted octanol–water partition coefficient (Wildman–Crippen LogP) is 0.710. The third-order valence-corrected chi connectivity index (χ3v) is 2.31. The average molecular weight is 210 g/mol. The van der Waals surface area contributed by atoms with E-state index in [1.54, 1.807) is 12.3 Å². The Kier molecular flexibility index (Phi) is 3.18. The molecule has 2 amide bonds. The van der Waals surface area contributed by atoms with Crippen LogP contribution in [0.3, 0.4) is 0 Å². The molecule has 1 aromatic rings. The van der Waals surface area contributed by atoms with Crippen molar-refractivity contribution in [3.8, 4) is 0 Å². The molecule has 2 rings (SSSR count). The number of aromatic nitrogens is 2. The topological polar surface area (TPSA) is 79.0 Å². The third-order valence-electron chi connectivity index (χ3n) is 2.31. The number of urea groups is 1. The number of carbonyl (C=O) groups excluding carboxylic acids is 1. The smallest absolute Gasteiger partial charge is 0.320 e. The maximum Gasteiger partial charge on any atom is 0.320 e. The lowest BCUT2D eigenvalue weighted by atomic mass is 10.1. The van der Waals surface area contributed by atoms with Gasteiger partial charge in [0, 0.05) is 25.3 Å². The van der Waals surface area contributed by atoms with Crippen LogP contribution in [0.15, 0.2) is 12.3 Å². The number of nitrogens with one attached hydrogen (secondary N) is 3. The molecule has 0 aromatic carbocycles. The van der Waals surface area contributed by atoms with Gasteiger partial charge in [-0.15, -0.1) is 0 Å². The molecule has 0 saturated carbocycles. The Labute approximate surface area is 87.4 Å². The summed E-state index contributed by atoms with van der Waals surface area (Å²) in [4.78, 5) is 11.5. The van der Waals surface area contributed by atoms with Crippen LogP contribution in [-0.2, 0) is 4.74 Å². The van der Waals surface area contributed by atoms with Gasteiger partial charge in [-0.2, -0.15) is 5.10 Å². The van der Waals surface area contributed by atoms with Gasteiger partial charge in [0.2, 0.25) is 0 Å². The molecule has 1 aromatic heterocycles. The highest BCUT2D eigenvalue weighted by Gasteiger charge is 2.15. The van der Waals surface area contributed by atoms with Crippen LogP contribution in [0.4, 0.5) is 10.6 Å². The highest BCUT2D eigenvalue weighted by atomic mass is 16.5. The Morgan fingerprint density at radius 1 is 1.53 bits per heavy atom. The van der Waals surface area contributed by atoms with E-state index in [0.29, 0.717) is 5.82 Å². The van der Waals surface area contributed by atoms with Crippen molar-refractivity contribution in [2.24, 2.45) is 0 Å². The molecule has 0 bridgehead atoms. The van der Waals surface area contributed by atoms with Crippen LogP contribution in [0.2, 0.25) is 0 Å². The maximum atomic E-state index is 11.5. The summed E-state index contributed by atoms with van der Waals surface area (Å²) in [6.45, 7) is 1.43. The monoisotopic (exact) mass is 210 g/mol. The molecule has 6 heteroatoms. The molecule has 1 fully saturated rings. The summed E-state index contributed by atoms with van der Waals surface area (Å²) in [5.41, 5.74) is 0. The minimum Gasteiger partial charge on any atom is -0.381 e. The molecule has 1 aliphatic rings. The van der Waals surface area contributed by atoms with E-state index in [0.717, 1.165) is 26.1 Å². The third kappa shape index (κ3) is 2.95. The number of H-pyrrole nitrogens is 1. The molecule has 1 saturated heterocycles. The molecule has 0 radical (unpaired) electrons. The van der Waals surface area contributed by atoms with Gasteiger partial charge in [-0.25, -0.2) is 4.79 Å². The number of rotatable bonds is 2. The Morgan fingerprint density at radius 3 is 3.00 bits per heavy atom. The first-order valence-electron chi connectivity index (χ1n) is 4.99. The van der Waals surface area contributed by atoms with Crippen LogP contribution in [0, 0.1) is 0 Å². The first-order chi connectivity index (χ1) is 7.34. The lowest BCUT2D eigenvalue weighted by Gasteiger charge is -2.22. The Bertz CT molecular complexity index is 306. The molecule has 0 spiro atoms. The van der Waals surface area contributed by atoms with Crippen molar-refractivity contribution in [3.05, 3.63) is 12.3 Å². The number of hydrogen-bond acceptors (Lipinski definition) is 3. The SMILES string of the molecule is O=C(Nc1ccn[nH]1)NC1CCOCC1. The summed E-state index contributed by atoms with van der Waals surface area (Å²) in [7, 11) is 0. The summed E-state index contributed by atoms with van der Waals surface area (Å²) in [5.74, 6) is 0.597. The molecule has 2 heterocycles. The van der Waals surface area contributed by atoms with E-state index in [1.807, 2.05) is 0 Å². The highest BCUT2D eigenvalue weighted by Crippen LogP contribution is 2.06. The number of nitrogens with zero attached hydrogens (tertiary/aromatic N) is 1. The average Bonchev–Trinajstić information content (AvgIpc) is 2.71. The quantitative estimate of drug-likeness (QED) is 0.672. The predicted molar refractivity (Wildman–Crippen MR) is 54.6 cm³/mol. The van der Waals surface area contributed by atoms with Gasteiger partial charge < -0.3 is 10.1 Å². The minimum absolute atomic E-state index is 0.203. The first kappa shape index (κ1) is 9.97. The molecule has 0 unspecified atom stereocenters. The van der Waals surface area contributed by atoms with Crippen LogP contribution < -0.4 is 10.6 Å². The lowest BCUT2D eigenvalue weighted by Crippen LogP contribution is -2.41. The van der Waals surface area contributed by atoms with Crippen LogP contribution in [0.1, 0.15) is 12.8 Å². The van der Waals surface area contributed by atoms with E-state index < -0.39 is 0 Å². The second-order valence-corrected chi connectivity index (χ2v) is 3.46. The van der Waals surface area contributed by atoms with Gasteiger partial charge in [0.25, 0.3) is 0 Å². The molecule has 1 aliphatic heterocycles. The number of ether oxygens (including phenoxy) is 1. The second-order valence-electron chi connectivity index (χ2n) is 3.46. The van der Waals surface area contributed by atoms with E-state index in [9.17, 15) is 4.79 Å². The molecule has 3 N–H and O–H groups in total. The van der Waals surface area contributed by atoms with Crippen molar-refractivity contribution in [1.82, 2.24) is 15.5 Å². The van der Waals surface area contributed by atoms with Gasteiger partial charge >= 0.3 is 6.03 Å². The van der Waals surface area contributed by atoms with Crippen LogP contribution in [0.5, 0.6) is 0 Å². The van der Waals surface area contributed by atoms with Crippen LogP contribution in [0.25, 0.3) is 0 Å². The van der Waals surface area contributed by atoms with Crippen molar-refractivity contribution in [2.75, 3.05) is 18.5 Å². The van der Waals surface area contributed by atoms with E-state index >= 15 is 0 Å². The summed E-state index contributed by atoms with van der Waals surface area (Å²) in [6.07, 6.45) is 3.33. The summed E-state index contributed by atoms with van der Waals surface area (Å²) < 4.78 is 5.20. The lowest BCUT2D eigenvalue weighted by molar-refractivity contribution is 0.0806. The molecule has 0 aliphatic carbocycles. The number of aromatic amines is 1. The number of anilines is 1. The summed E-state index contributed by atoms with van der Waals surface area (Å²) in [5, 5.41) is 11.9. The fraction of sp³-hybridized carbons (Fsp3) is 0.556. The molecule has 15 heavy (non-hydrogen) atoms. The molecular weight excluding hydrogens is 196 g/mol.